The molecule has 0 radical (unpaired) electrons. The van der Waals surface area contributed by atoms with Crippen molar-refractivity contribution in [3.8, 4) is 5.75 Å². The molecule has 1 aliphatic heterocycles. The number of ether oxygens (including phenoxy) is 1. The number of nitrogens with one attached hydrogen (secondary N) is 2. The fourth-order valence-electron chi connectivity index (χ4n) is 5.25. The number of benzene rings is 3. The molecule has 0 aliphatic carbocycles. The zero-order valence-corrected chi connectivity index (χ0v) is 26.0. The Bertz CT molecular complexity index is 1480. The molecule has 3 atom stereocenters. The number of nitrogens with two attached hydrogens (primary N) is 1. The maximum Gasteiger partial charge on any atom is 0.254 e. The van der Waals surface area contributed by atoms with Crippen molar-refractivity contribution in [3.63, 3.8) is 0 Å². The number of amides is 3. The topological polar surface area (TPSA) is 134 Å². The van der Waals surface area contributed by atoms with E-state index in [1.54, 1.807) is 44.4 Å². The van der Waals surface area contributed by atoms with Crippen molar-refractivity contribution in [2.24, 2.45) is 0 Å². The number of hydrogen-bond donors (Lipinski definition) is 4. The van der Waals surface area contributed by atoms with Crippen molar-refractivity contribution in [2.45, 2.75) is 63.6 Å². The summed E-state index contributed by atoms with van der Waals surface area (Å²) in [6.07, 6.45) is -1.45. The molecule has 1 unspecified atom stereocenters. The molecule has 3 amide bonds. The Balaban J connectivity index is 1.58. The van der Waals surface area contributed by atoms with Gasteiger partial charge in [-0.05, 0) is 80.6 Å². The summed E-state index contributed by atoms with van der Waals surface area (Å²) in [6, 6.07) is 18.2. The van der Waals surface area contributed by atoms with Gasteiger partial charge >= 0.3 is 0 Å². The van der Waals surface area contributed by atoms with E-state index in [1.807, 2.05) is 57.2 Å². The van der Waals surface area contributed by atoms with E-state index in [-0.39, 0.29) is 18.2 Å². The third-order valence-corrected chi connectivity index (χ3v) is 9.35. The van der Waals surface area contributed by atoms with Crippen molar-refractivity contribution in [3.05, 3.63) is 94.5 Å². The lowest BCUT2D eigenvalue weighted by Gasteiger charge is -2.33. The SMILES string of the molecule is COc1ccc(C[C@H](NC(=O)c2cccc(N)c2C)[C@H](O)C(=O)N2CSC(C)(C)C2C(=O)NCc2ccccc2C)cc1. The van der Waals surface area contributed by atoms with E-state index in [0.717, 1.165) is 16.7 Å². The van der Waals surface area contributed by atoms with Crippen LogP contribution in [-0.2, 0) is 22.6 Å². The highest BCUT2D eigenvalue weighted by Gasteiger charge is 2.49. The predicted molar refractivity (Wildman–Crippen MR) is 170 cm³/mol. The van der Waals surface area contributed by atoms with E-state index < -0.39 is 34.7 Å². The Hall–Kier alpha value is -4.02. The first kappa shape index (κ1) is 31.9. The minimum atomic E-state index is -1.62. The molecule has 1 saturated heterocycles. The summed E-state index contributed by atoms with van der Waals surface area (Å²) >= 11 is 1.47. The molecule has 228 valence electrons. The van der Waals surface area contributed by atoms with Gasteiger partial charge in [0.25, 0.3) is 11.8 Å². The number of methoxy groups -OCH3 is 1. The normalized spacial score (nSPS) is 17.2. The van der Waals surface area contributed by atoms with E-state index in [4.69, 9.17) is 10.5 Å². The van der Waals surface area contributed by atoms with Gasteiger partial charge in [-0.1, -0.05) is 42.5 Å². The summed E-state index contributed by atoms with van der Waals surface area (Å²) in [7, 11) is 1.57. The lowest BCUT2D eigenvalue weighted by Crippen LogP contribution is -2.58. The Labute approximate surface area is 257 Å². The number of hydrogen-bond acceptors (Lipinski definition) is 7. The van der Waals surface area contributed by atoms with Crippen molar-refractivity contribution >= 4 is 35.2 Å². The molecular formula is C33H40N4O5S. The average molecular weight is 605 g/mol. The third-order valence-electron chi connectivity index (χ3n) is 7.98. The number of anilines is 1. The summed E-state index contributed by atoms with van der Waals surface area (Å²) < 4.78 is 4.65. The number of nitrogens with zero attached hydrogens (tertiary/aromatic N) is 1. The molecule has 10 heteroatoms. The fraction of sp³-hybridized carbons (Fsp3) is 0.364. The standard InChI is InChI=1S/C33H40N4O5S/c1-20-9-6-7-10-23(20)18-35-31(40)29-33(3,4)43-19-37(29)32(41)28(38)27(17-22-13-15-24(42-5)16-14-22)36-30(39)25-11-8-12-26(34)21(25)2/h6-16,27-29,38H,17-19,34H2,1-5H3,(H,35,40)(H,36,39)/t27-,28-,29?/m0/s1. The van der Waals surface area contributed by atoms with Gasteiger partial charge in [0, 0.05) is 22.5 Å². The zero-order valence-electron chi connectivity index (χ0n) is 25.2. The van der Waals surface area contributed by atoms with E-state index in [1.165, 1.54) is 16.7 Å². The Morgan fingerprint density at radius 1 is 1.07 bits per heavy atom. The lowest BCUT2D eigenvalue weighted by atomic mass is 9.96. The number of aliphatic hydroxyl groups is 1. The van der Waals surface area contributed by atoms with Gasteiger partial charge in [-0.2, -0.15) is 0 Å². The van der Waals surface area contributed by atoms with Crippen LogP contribution in [0.4, 0.5) is 5.69 Å². The van der Waals surface area contributed by atoms with Crippen molar-refractivity contribution in [1.29, 1.82) is 0 Å². The summed E-state index contributed by atoms with van der Waals surface area (Å²) in [4.78, 5) is 42.3. The molecule has 43 heavy (non-hydrogen) atoms. The first-order valence-corrected chi connectivity index (χ1v) is 15.1. The molecule has 1 aliphatic rings. The second-order valence-corrected chi connectivity index (χ2v) is 12.9. The molecule has 0 spiro atoms. The van der Waals surface area contributed by atoms with Gasteiger partial charge in [0.1, 0.15) is 11.8 Å². The summed E-state index contributed by atoms with van der Waals surface area (Å²) in [5, 5.41) is 17.4. The highest BCUT2D eigenvalue weighted by molar-refractivity contribution is 8.00. The minimum absolute atomic E-state index is 0.165. The number of aryl methyl sites for hydroxylation is 1. The zero-order chi connectivity index (χ0) is 31.3. The maximum absolute atomic E-state index is 13.9. The van der Waals surface area contributed by atoms with Gasteiger partial charge in [-0.15, -0.1) is 11.8 Å². The van der Waals surface area contributed by atoms with Crippen LogP contribution in [0.5, 0.6) is 5.75 Å². The quantitative estimate of drug-likeness (QED) is 0.260. The van der Waals surface area contributed by atoms with Crippen molar-refractivity contribution in [2.75, 3.05) is 18.7 Å². The van der Waals surface area contributed by atoms with Gasteiger partial charge in [0.15, 0.2) is 6.10 Å². The smallest absolute Gasteiger partial charge is 0.254 e. The average Bonchev–Trinajstić information content (AvgIpc) is 3.31. The molecule has 3 aromatic rings. The number of carbonyl (C=O) groups excluding carboxylic acids is 3. The summed E-state index contributed by atoms with van der Waals surface area (Å²) in [5.74, 6) is -0.503. The molecule has 0 bridgehead atoms. The van der Waals surface area contributed by atoms with Gasteiger partial charge in [0.2, 0.25) is 5.91 Å². The van der Waals surface area contributed by atoms with Gasteiger partial charge in [0.05, 0.1) is 19.0 Å². The largest absolute Gasteiger partial charge is 0.497 e. The van der Waals surface area contributed by atoms with Crippen LogP contribution in [0.1, 0.15) is 46.5 Å². The highest BCUT2D eigenvalue weighted by atomic mass is 32.2. The van der Waals surface area contributed by atoms with Crippen LogP contribution in [-0.4, -0.2) is 63.6 Å². The molecule has 1 heterocycles. The number of aliphatic hydroxyl groups excluding tert-OH is 1. The Kier molecular flexibility index (Phi) is 10.0. The summed E-state index contributed by atoms with van der Waals surface area (Å²) in [5.41, 5.74) is 10.3. The first-order valence-electron chi connectivity index (χ1n) is 14.2. The fourth-order valence-corrected chi connectivity index (χ4v) is 6.39. The van der Waals surface area contributed by atoms with Crippen molar-refractivity contribution in [1.82, 2.24) is 15.5 Å². The predicted octanol–water partition coefficient (Wildman–Crippen LogP) is 3.59. The molecular weight excluding hydrogens is 564 g/mol. The molecule has 0 saturated carbocycles. The number of thioether (sulfide) groups is 1. The van der Waals surface area contributed by atoms with E-state index in [9.17, 15) is 19.5 Å². The monoisotopic (exact) mass is 604 g/mol. The maximum atomic E-state index is 13.9. The molecule has 0 aromatic heterocycles. The van der Waals surface area contributed by atoms with Crippen molar-refractivity contribution < 1.29 is 24.2 Å². The van der Waals surface area contributed by atoms with E-state index in [0.29, 0.717) is 29.1 Å². The van der Waals surface area contributed by atoms with Crippen LogP contribution in [0.15, 0.2) is 66.7 Å². The third kappa shape index (κ3) is 7.32. The molecule has 5 N–H and O–H groups in total. The molecule has 3 aromatic carbocycles. The van der Waals surface area contributed by atoms with Crippen LogP contribution in [0.25, 0.3) is 0 Å². The van der Waals surface area contributed by atoms with E-state index in [2.05, 4.69) is 10.6 Å². The highest BCUT2D eigenvalue weighted by Crippen LogP contribution is 2.40. The Morgan fingerprint density at radius 3 is 2.44 bits per heavy atom. The van der Waals surface area contributed by atoms with Crippen LogP contribution >= 0.6 is 11.8 Å². The number of carbonyl (C=O) groups is 3. The lowest BCUT2D eigenvalue weighted by molar-refractivity contribution is -0.147. The van der Waals surface area contributed by atoms with Crippen LogP contribution in [0.3, 0.4) is 0 Å². The minimum Gasteiger partial charge on any atom is -0.497 e. The first-order chi connectivity index (χ1) is 20.4. The molecule has 9 nitrogen and oxygen atoms in total. The molecule has 4 rings (SSSR count). The molecule has 1 fully saturated rings. The number of rotatable bonds is 10. The summed E-state index contributed by atoms with van der Waals surface area (Å²) in [6.45, 7) is 7.87. The second kappa shape index (κ2) is 13.5. The number of nitrogen functional groups attached to an aromatic ring is 1. The van der Waals surface area contributed by atoms with Gasteiger partial charge in [-0.25, -0.2) is 0 Å². The van der Waals surface area contributed by atoms with Gasteiger partial charge in [-0.3, -0.25) is 14.4 Å². The van der Waals surface area contributed by atoms with E-state index >= 15 is 0 Å². The van der Waals surface area contributed by atoms with Crippen LogP contribution < -0.4 is 21.1 Å². The van der Waals surface area contributed by atoms with Gasteiger partial charge < -0.3 is 31.1 Å². The second-order valence-electron chi connectivity index (χ2n) is 11.3. The van der Waals surface area contributed by atoms with Crippen LogP contribution in [0, 0.1) is 13.8 Å². The van der Waals surface area contributed by atoms with Crippen LogP contribution in [0.2, 0.25) is 0 Å². The Morgan fingerprint density at radius 2 is 1.77 bits per heavy atom.